The molecule has 1 unspecified atom stereocenters. The Morgan fingerprint density at radius 3 is 2.71 bits per heavy atom. The second-order valence-corrected chi connectivity index (χ2v) is 5.55. The van der Waals surface area contributed by atoms with Crippen molar-refractivity contribution < 1.29 is 14.2 Å². The van der Waals surface area contributed by atoms with Crippen molar-refractivity contribution in [2.45, 2.75) is 44.8 Å². The van der Waals surface area contributed by atoms with Crippen LogP contribution in [0.15, 0.2) is 18.2 Å². The summed E-state index contributed by atoms with van der Waals surface area (Å²) >= 11 is 0. The molecule has 0 bridgehead atoms. The van der Waals surface area contributed by atoms with Gasteiger partial charge in [-0.15, -0.1) is 0 Å². The summed E-state index contributed by atoms with van der Waals surface area (Å²) in [7, 11) is 0. The minimum absolute atomic E-state index is 0.337. The summed E-state index contributed by atoms with van der Waals surface area (Å²) < 4.78 is 19.4. The third-order valence-electron chi connectivity index (χ3n) is 3.35. The van der Waals surface area contributed by atoms with Crippen molar-refractivity contribution in [3.8, 4) is 0 Å². The molecule has 1 aliphatic heterocycles. The third-order valence-corrected chi connectivity index (χ3v) is 3.35. The predicted octanol–water partition coefficient (Wildman–Crippen LogP) is 2.91. The molecule has 1 saturated heterocycles. The van der Waals surface area contributed by atoms with Crippen LogP contribution < -0.4 is 0 Å². The summed E-state index contributed by atoms with van der Waals surface area (Å²) in [5.41, 5.74) is -0.172. The van der Waals surface area contributed by atoms with Crippen molar-refractivity contribution in [1.29, 1.82) is 0 Å². The SMILES string of the molecule is Cc1ccc(F)c(C2(O)CCOC(C)(C)C2)c1. The van der Waals surface area contributed by atoms with Crippen molar-refractivity contribution >= 4 is 0 Å². The van der Waals surface area contributed by atoms with E-state index in [0.29, 0.717) is 25.0 Å². The van der Waals surface area contributed by atoms with Crippen LogP contribution in [0.4, 0.5) is 4.39 Å². The van der Waals surface area contributed by atoms with E-state index in [9.17, 15) is 9.50 Å². The highest BCUT2D eigenvalue weighted by molar-refractivity contribution is 5.30. The molecule has 2 nitrogen and oxygen atoms in total. The monoisotopic (exact) mass is 238 g/mol. The van der Waals surface area contributed by atoms with E-state index in [1.165, 1.54) is 6.07 Å². The highest BCUT2D eigenvalue weighted by atomic mass is 19.1. The maximum absolute atomic E-state index is 13.9. The molecule has 1 aromatic rings. The lowest BCUT2D eigenvalue weighted by Crippen LogP contribution is -2.44. The van der Waals surface area contributed by atoms with Gasteiger partial charge in [0.15, 0.2) is 0 Å². The van der Waals surface area contributed by atoms with Crippen molar-refractivity contribution in [1.82, 2.24) is 0 Å². The molecule has 2 rings (SSSR count). The van der Waals surface area contributed by atoms with Crippen molar-refractivity contribution in [2.24, 2.45) is 0 Å². The fourth-order valence-corrected chi connectivity index (χ4v) is 2.57. The smallest absolute Gasteiger partial charge is 0.129 e. The number of hydrogen-bond acceptors (Lipinski definition) is 2. The van der Waals surface area contributed by atoms with Gasteiger partial charge in [0.25, 0.3) is 0 Å². The Balaban J connectivity index is 2.40. The van der Waals surface area contributed by atoms with E-state index in [1.54, 1.807) is 12.1 Å². The van der Waals surface area contributed by atoms with E-state index in [0.717, 1.165) is 5.56 Å². The highest BCUT2D eigenvalue weighted by Gasteiger charge is 2.42. The molecule has 1 fully saturated rings. The largest absolute Gasteiger partial charge is 0.385 e. The Morgan fingerprint density at radius 2 is 2.06 bits per heavy atom. The van der Waals surface area contributed by atoms with Gasteiger partial charge in [-0.25, -0.2) is 4.39 Å². The average Bonchev–Trinajstić information content (AvgIpc) is 2.19. The standard InChI is InChI=1S/C14H19FO2/c1-10-4-5-12(15)11(8-10)14(16)6-7-17-13(2,3)9-14/h4-5,8,16H,6-7,9H2,1-3H3. The van der Waals surface area contributed by atoms with Gasteiger partial charge in [-0.3, -0.25) is 0 Å². The van der Waals surface area contributed by atoms with Crippen LogP contribution in [0, 0.1) is 12.7 Å². The quantitative estimate of drug-likeness (QED) is 0.815. The van der Waals surface area contributed by atoms with Crippen LogP contribution in [0.5, 0.6) is 0 Å². The first-order chi connectivity index (χ1) is 7.82. The van der Waals surface area contributed by atoms with Gasteiger partial charge in [-0.2, -0.15) is 0 Å². The molecule has 0 aliphatic carbocycles. The molecular formula is C14H19FO2. The number of ether oxygens (including phenoxy) is 1. The first-order valence-electron chi connectivity index (χ1n) is 5.95. The first-order valence-corrected chi connectivity index (χ1v) is 5.95. The van der Waals surface area contributed by atoms with Crippen LogP contribution in [0.2, 0.25) is 0 Å². The van der Waals surface area contributed by atoms with Crippen molar-refractivity contribution in [3.63, 3.8) is 0 Å². The molecule has 3 heteroatoms. The molecule has 0 amide bonds. The fraction of sp³-hybridized carbons (Fsp3) is 0.571. The van der Waals surface area contributed by atoms with E-state index in [-0.39, 0.29) is 5.82 Å². The summed E-state index contributed by atoms with van der Waals surface area (Å²) in [6.45, 7) is 6.20. The molecule has 0 aromatic heterocycles. The molecule has 0 radical (unpaired) electrons. The van der Waals surface area contributed by atoms with Crippen molar-refractivity contribution in [3.05, 3.63) is 35.1 Å². The normalized spacial score (nSPS) is 28.1. The summed E-state index contributed by atoms with van der Waals surface area (Å²) in [6, 6.07) is 4.87. The molecule has 1 atom stereocenters. The second-order valence-electron chi connectivity index (χ2n) is 5.55. The van der Waals surface area contributed by atoms with Crippen LogP contribution in [0.25, 0.3) is 0 Å². The van der Waals surface area contributed by atoms with Gasteiger partial charge in [0.2, 0.25) is 0 Å². The van der Waals surface area contributed by atoms with Crippen LogP contribution in [0.1, 0.15) is 37.8 Å². The maximum atomic E-state index is 13.9. The summed E-state index contributed by atoms with van der Waals surface area (Å²) in [5.74, 6) is -0.337. The van der Waals surface area contributed by atoms with Crippen LogP contribution in [-0.4, -0.2) is 17.3 Å². The van der Waals surface area contributed by atoms with E-state index in [4.69, 9.17) is 4.74 Å². The molecule has 0 saturated carbocycles. The number of rotatable bonds is 1. The fourth-order valence-electron chi connectivity index (χ4n) is 2.57. The van der Waals surface area contributed by atoms with Gasteiger partial charge in [-0.05, 0) is 26.8 Å². The molecule has 1 aromatic carbocycles. The van der Waals surface area contributed by atoms with Crippen LogP contribution in [0.3, 0.4) is 0 Å². The molecule has 17 heavy (non-hydrogen) atoms. The van der Waals surface area contributed by atoms with Gasteiger partial charge in [0.05, 0.1) is 17.8 Å². The Bertz CT molecular complexity index is 428. The van der Waals surface area contributed by atoms with Crippen molar-refractivity contribution in [2.75, 3.05) is 6.61 Å². The lowest BCUT2D eigenvalue weighted by molar-refractivity contribution is -0.149. The van der Waals surface area contributed by atoms with Gasteiger partial charge in [-0.1, -0.05) is 17.7 Å². The third kappa shape index (κ3) is 2.50. The predicted molar refractivity (Wildman–Crippen MR) is 64.3 cm³/mol. The topological polar surface area (TPSA) is 29.5 Å². The zero-order valence-corrected chi connectivity index (χ0v) is 10.6. The number of hydrogen-bond donors (Lipinski definition) is 1. The second kappa shape index (κ2) is 4.07. The Morgan fingerprint density at radius 1 is 1.35 bits per heavy atom. The number of benzene rings is 1. The van der Waals surface area contributed by atoms with Gasteiger partial charge in [0.1, 0.15) is 5.82 Å². The molecule has 94 valence electrons. The molecular weight excluding hydrogens is 219 g/mol. The molecule has 1 heterocycles. The maximum Gasteiger partial charge on any atom is 0.129 e. The highest BCUT2D eigenvalue weighted by Crippen LogP contribution is 2.40. The van der Waals surface area contributed by atoms with Crippen LogP contribution in [-0.2, 0) is 10.3 Å². The summed E-state index contributed by atoms with van der Waals surface area (Å²) in [6.07, 6.45) is 0.858. The summed E-state index contributed by atoms with van der Waals surface area (Å²) in [4.78, 5) is 0. The minimum Gasteiger partial charge on any atom is -0.385 e. The average molecular weight is 238 g/mol. The summed E-state index contributed by atoms with van der Waals surface area (Å²) in [5, 5.41) is 10.7. The van der Waals surface area contributed by atoms with Gasteiger partial charge < -0.3 is 9.84 Å². The lowest BCUT2D eigenvalue weighted by atomic mass is 9.79. The zero-order chi connectivity index (χ0) is 12.7. The van der Waals surface area contributed by atoms with Gasteiger partial charge >= 0.3 is 0 Å². The first kappa shape index (κ1) is 12.5. The Labute approximate surface area is 101 Å². The number of halogens is 1. The molecule has 1 N–H and O–H groups in total. The zero-order valence-electron chi connectivity index (χ0n) is 10.6. The number of aryl methyl sites for hydroxylation is 1. The number of aliphatic hydroxyl groups is 1. The Hall–Kier alpha value is -0.930. The van der Waals surface area contributed by atoms with E-state index < -0.39 is 11.2 Å². The minimum atomic E-state index is -1.11. The molecule has 0 spiro atoms. The van der Waals surface area contributed by atoms with Gasteiger partial charge in [0, 0.05) is 18.4 Å². The Kier molecular flexibility index (Phi) is 3.00. The lowest BCUT2D eigenvalue weighted by Gasteiger charge is -2.42. The van der Waals surface area contributed by atoms with E-state index >= 15 is 0 Å². The molecule has 1 aliphatic rings. The van der Waals surface area contributed by atoms with E-state index in [1.807, 2.05) is 20.8 Å². The van der Waals surface area contributed by atoms with Crippen LogP contribution >= 0.6 is 0 Å². The van der Waals surface area contributed by atoms with E-state index in [2.05, 4.69) is 0 Å².